The van der Waals surface area contributed by atoms with Crippen LogP contribution in [-0.2, 0) is 11.3 Å². The van der Waals surface area contributed by atoms with Crippen LogP contribution in [0.5, 0.6) is 0 Å². The van der Waals surface area contributed by atoms with Gasteiger partial charge in [0.2, 0.25) is 0 Å². The van der Waals surface area contributed by atoms with Crippen LogP contribution >= 0.6 is 0 Å². The summed E-state index contributed by atoms with van der Waals surface area (Å²) in [7, 11) is 0. The Morgan fingerprint density at radius 3 is 2.52 bits per heavy atom. The number of carbonyl (C=O) groups is 2. The van der Waals surface area contributed by atoms with E-state index in [1.807, 2.05) is 0 Å². The third-order valence-corrected chi connectivity index (χ3v) is 5.82. The van der Waals surface area contributed by atoms with Gasteiger partial charge in [-0.2, -0.15) is 0 Å². The molecular formula is C24H20F2N4O3. The van der Waals surface area contributed by atoms with Crippen molar-refractivity contribution in [1.29, 1.82) is 0 Å². The van der Waals surface area contributed by atoms with Gasteiger partial charge in [0.05, 0.1) is 42.8 Å². The summed E-state index contributed by atoms with van der Waals surface area (Å²) in [5.74, 6) is -1.70. The summed E-state index contributed by atoms with van der Waals surface area (Å²) >= 11 is 0. The number of allylic oxidation sites excluding steroid dienone is 6. The normalized spacial score (nSPS) is 22.8. The molecule has 3 aliphatic rings. The first-order valence-corrected chi connectivity index (χ1v) is 10.6. The molecule has 1 aromatic heterocycles. The van der Waals surface area contributed by atoms with Gasteiger partial charge in [-0.1, -0.05) is 29.5 Å². The molecule has 0 fully saturated rings. The van der Waals surface area contributed by atoms with Crippen LogP contribution in [0.1, 0.15) is 45.7 Å². The van der Waals surface area contributed by atoms with Gasteiger partial charge in [0, 0.05) is 12.8 Å². The van der Waals surface area contributed by atoms with Gasteiger partial charge in [0.1, 0.15) is 17.3 Å². The SMILES string of the molecule is O=C1c2ccccc2C(=O)N1Cc1cn(C2=CC/C(F)=C(/C3=CCOCC3)C/C(F)=C\2)nn1. The summed E-state index contributed by atoms with van der Waals surface area (Å²) in [6, 6.07) is 6.60. The number of carbonyl (C=O) groups excluding carboxylic acids is 2. The highest BCUT2D eigenvalue weighted by Gasteiger charge is 2.35. The van der Waals surface area contributed by atoms with Crippen LogP contribution in [-0.4, -0.2) is 44.9 Å². The molecule has 2 aromatic rings. The minimum Gasteiger partial charge on any atom is -0.377 e. The summed E-state index contributed by atoms with van der Waals surface area (Å²) in [4.78, 5) is 26.2. The molecule has 33 heavy (non-hydrogen) atoms. The third-order valence-electron chi connectivity index (χ3n) is 5.82. The lowest BCUT2D eigenvalue weighted by atomic mass is 9.95. The molecule has 168 valence electrons. The summed E-state index contributed by atoms with van der Waals surface area (Å²) < 4.78 is 36.2. The van der Waals surface area contributed by atoms with Gasteiger partial charge in [-0.05, 0) is 35.8 Å². The molecule has 1 aromatic carbocycles. The Balaban J connectivity index is 1.36. The fraction of sp³-hybridized carbons (Fsp3) is 0.250. The molecule has 2 amide bonds. The fourth-order valence-corrected chi connectivity index (χ4v) is 4.14. The zero-order valence-corrected chi connectivity index (χ0v) is 17.6. The van der Waals surface area contributed by atoms with E-state index >= 15 is 0 Å². The second kappa shape index (κ2) is 8.67. The van der Waals surface area contributed by atoms with Crippen LogP contribution in [0.15, 0.2) is 71.5 Å². The van der Waals surface area contributed by atoms with Crippen molar-refractivity contribution in [3.63, 3.8) is 0 Å². The van der Waals surface area contributed by atoms with Crippen LogP contribution in [0.2, 0.25) is 0 Å². The summed E-state index contributed by atoms with van der Waals surface area (Å²) in [5, 5.41) is 8.01. The lowest BCUT2D eigenvalue weighted by molar-refractivity contribution is 0.0640. The maximum absolute atomic E-state index is 14.9. The zero-order chi connectivity index (χ0) is 22.9. The van der Waals surface area contributed by atoms with Crippen molar-refractivity contribution in [2.75, 3.05) is 13.2 Å². The molecule has 0 atom stereocenters. The van der Waals surface area contributed by atoms with E-state index < -0.39 is 23.5 Å². The quantitative estimate of drug-likeness (QED) is 0.655. The van der Waals surface area contributed by atoms with Crippen molar-refractivity contribution in [2.45, 2.75) is 25.8 Å². The van der Waals surface area contributed by atoms with Gasteiger partial charge >= 0.3 is 0 Å². The van der Waals surface area contributed by atoms with Gasteiger partial charge in [0.15, 0.2) is 0 Å². The number of fused-ring (bicyclic) bond motifs is 1. The number of rotatable bonds is 4. The second-order valence-corrected chi connectivity index (χ2v) is 7.94. The maximum atomic E-state index is 14.9. The molecule has 0 saturated carbocycles. The van der Waals surface area contributed by atoms with E-state index in [9.17, 15) is 18.4 Å². The lowest BCUT2D eigenvalue weighted by Crippen LogP contribution is -2.29. The summed E-state index contributed by atoms with van der Waals surface area (Å²) in [6.07, 6.45) is 6.52. The molecule has 0 saturated heterocycles. The number of hydrogen-bond donors (Lipinski definition) is 0. The molecule has 0 N–H and O–H groups in total. The van der Waals surface area contributed by atoms with Gasteiger partial charge in [-0.15, -0.1) is 5.10 Å². The molecule has 0 radical (unpaired) electrons. The first-order valence-electron chi connectivity index (χ1n) is 10.6. The van der Waals surface area contributed by atoms with E-state index in [1.165, 1.54) is 23.0 Å². The largest absolute Gasteiger partial charge is 0.377 e. The van der Waals surface area contributed by atoms with Crippen molar-refractivity contribution in [1.82, 2.24) is 19.9 Å². The number of halogens is 2. The van der Waals surface area contributed by atoms with Crippen molar-refractivity contribution in [3.8, 4) is 0 Å². The molecular weight excluding hydrogens is 430 g/mol. The van der Waals surface area contributed by atoms with E-state index in [1.54, 1.807) is 30.3 Å². The van der Waals surface area contributed by atoms with Gasteiger partial charge in [-0.3, -0.25) is 14.5 Å². The summed E-state index contributed by atoms with van der Waals surface area (Å²) in [5.41, 5.74) is 2.52. The average Bonchev–Trinajstić information content (AvgIpc) is 3.39. The molecule has 7 nitrogen and oxygen atoms in total. The van der Waals surface area contributed by atoms with Gasteiger partial charge < -0.3 is 4.74 Å². The molecule has 5 rings (SSSR count). The highest BCUT2D eigenvalue weighted by Crippen LogP contribution is 2.33. The Labute approximate surface area is 188 Å². The fourth-order valence-electron chi connectivity index (χ4n) is 4.14. The highest BCUT2D eigenvalue weighted by atomic mass is 19.1. The predicted octanol–water partition coefficient (Wildman–Crippen LogP) is 4.13. The Bertz CT molecular complexity index is 1240. The van der Waals surface area contributed by atoms with Crippen molar-refractivity contribution in [2.24, 2.45) is 0 Å². The van der Waals surface area contributed by atoms with Gasteiger partial charge in [-0.25, -0.2) is 13.5 Å². The molecule has 2 aliphatic heterocycles. The Kier molecular flexibility index (Phi) is 5.55. The van der Waals surface area contributed by atoms with Crippen molar-refractivity contribution >= 4 is 17.5 Å². The van der Waals surface area contributed by atoms with Crippen LogP contribution in [0.4, 0.5) is 8.78 Å². The number of nitrogens with zero attached hydrogens (tertiary/aromatic N) is 4. The number of imide groups is 1. The number of hydrogen-bond acceptors (Lipinski definition) is 5. The predicted molar refractivity (Wildman–Crippen MR) is 115 cm³/mol. The Morgan fingerprint density at radius 2 is 1.82 bits per heavy atom. The first kappa shape index (κ1) is 21.1. The Hall–Kier alpha value is -3.72. The van der Waals surface area contributed by atoms with Crippen LogP contribution in [0.3, 0.4) is 0 Å². The lowest BCUT2D eigenvalue weighted by Gasteiger charge is -2.18. The standard InChI is InChI=1S/C24H20F2N4O3/c25-16-11-18(5-6-22(26)21(12-16)15-7-9-33-10-8-15)30-14-17(27-28-30)13-29-23(31)19-3-1-2-4-20(19)24(29)32/h1-5,7,11,14H,6,8-10,12-13H2/b16-11+,18-5?,22-21-. The maximum Gasteiger partial charge on any atom is 0.261 e. The van der Waals surface area contributed by atoms with Crippen molar-refractivity contribution in [3.05, 3.63) is 88.3 Å². The van der Waals surface area contributed by atoms with Crippen molar-refractivity contribution < 1.29 is 23.1 Å². The van der Waals surface area contributed by atoms with Gasteiger partial charge in [0.25, 0.3) is 11.8 Å². The van der Waals surface area contributed by atoms with E-state index in [4.69, 9.17) is 4.74 Å². The zero-order valence-electron chi connectivity index (χ0n) is 17.6. The molecule has 3 heterocycles. The molecule has 0 spiro atoms. The van der Waals surface area contributed by atoms with E-state index in [2.05, 4.69) is 10.3 Å². The number of benzene rings is 1. The highest BCUT2D eigenvalue weighted by molar-refractivity contribution is 6.21. The second-order valence-electron chi connectivity index (χ2n) is 7.94. The minimum absolute atomic E-state index is 0.0136. The average molecular weight is 450 g/mol. The molecule has 9 heteroatoms. The first-order chi connectivity index (χ1) is 16.0. The third kappa shape index (κ3) is 4.07. The molecule has 0 unspecified atom stereocenters. The Morgan fingerprint density at radius 1 is 1.06 bits per heavy atom. The summed E-state index contributed by atoms with van der Waals surface area (Å²) in [6.45, 7) is 0.817. The van der Waals surface area contributed by atoms with Crippen LogP contribution in [0, 0.1) is 0 Å². The number of amides is 2. The van der Waals surface area contributed by atoms with Crippen LogP contribution < -0.4 is 0 Å². The topological polar surface area (TPSA) is 77.3 Å². The number of ether oxygens (including phenoxy) is 1. The monoisotopic (exact) mass is 450 g/mol. The van der Waals surface area contributed by atoms with Crippen LogP contribution in [0.25, 0.3) is 5.70 Å². The molecule has 0 bridgehead atoms. The molecule has 1 aliphatic carbocycles. The van der Waals surface area contributed by atoms with E-state index in [0.29, 0.717) is 47.7 Å². The number of aromatic nitrogens is 3. The van der Waals surface area contributed by atoms with E-state index in [0.717, 1.165) is 10.5 Å². The minimum atomic E-state index is -0.504. The smallest absolute Gasteiger partial charge is 0.261 e. The van der Waals surface area contributed by atoms with E-state index in [-0.39, 0.29) is 19.4 Å².